The number of hydrogen-bond donors (Lipinski definition) is 1. The number of phenolic OH excluding ortho intramolecular Hbond substituents is 1. The molecule has 2 aromatic rings. The van der Waals surface area contributed by atoms with Gasteiger partial charge in [0.25, 0.3) is 0 Å². The minimum Gasteiger partial charge on any atom is -0.507 e. The van der Waals surface area contributed by atoms with Crippen LogP contribution in [0.1, 0.15) is 22.3 Å². The SMILES string of the molecule is Cc1cc(C)c(-c2cc(C)ccc2O)c(C)c1. The van der Waals surface area contributed by atoms with E-state index in [0.29, 0.717) is 5.75 Å². The lowest BCUT2D eigenvalue weighted by Gasteiger charge is -2.13. The molecule has 2 rings (SSSR count). The first kappa shape index (κ1) is 11.7. The summed E-state index contributed by atoms with van der Waals surface area (Å²) >= 11 is 0. The Kier molecular flexibility index (Phi) is 2.93. The Balaban J connectivity index is 2.72. The van der Waals surface area contributed by atoms with Crippen LogP contribution in [0.3, 0.4) is 0 Å². The molecule has 0 heterocycles. The lowest BCUT2D eigenvalue weighted by Crippen LogP contribution is -1.91. The third kappa shape index (κ3) is 2.19. The lowest BCUT2D eigenvalue weighted by atomic mass is 9.92. The predicted octanol–water partition coefficient (Wildman–Crippen LogP) is 4.29. The summed E-state index contributed by atoms with van der Waals surface area (Å²) in [5.74, 6) is 0.352. The summed E-state index contributed by atoms with van der Waals surface area (Å²) in [5.41, 5.74) is 6.93. The highest BCUT2D eigenvalue weighted by atomic mass is 16.3. The van der Waals surface area contributed by atoms with Crippen molar-refractivity contribution < 1.29 is 5.11 Å². The monoisotopic (exact) mass is 226 g/mol. The highest BCUT2D eigenvalue weighted by molar-refractivity contribution is 5.76. The second kappa shape index (κ2) is 4.25. The van der Waals surface area contributed by atoms with Gasteiger partial charge in [-0.1, -0.05) is 29.3 Å². The molecule has 1 heteroatoms. The van der Waals surface area contributed by atoms with Gasteiger partial charge in [-0.15, -0.1) is 0 Å². The molecule has 2 aromatic carbocycles. The van der Waals surface area contributed by atoms with Crippen molar-refractivity contribution >= 4 is 0 Å². The van der Waals surface area contributed by atoms with E-state index in [4.69, 9.17) is 0 Å². The van der Waals surface area contributed by atoms with E-state index in [-0.39, 0.29) is 0 Å². The second-order valence-corrected chi connectivity index (χ2v) is 4.79. The van der Waals surface area contributed by atoms with Crippen molar-refractivity contribution in [1.29, 1.82) is 0 Å². The van der Waals surface area contributed by atoms with Gasteiger partial charge in [-0.05, 0) is 56.5 Å². The molecule has 0 aliphatic carbocycles. The summed E-state index contributed by atoms with van der Waals surface area (Å²) in [4.78, 5) is 0. The molecule has 0 amide bonds. The number of benzene rings is 2. The summed E-state index contributed by atoms with van der Waals surface area (Å²) in [5, 5.41) is 10.0. The van der Waals surface area contributed by atoms with Crippen molar-refractivity contribution in [2.45, 2.75) is 27.7 Å². The van der Waals surface area contributed by atoms with Crippen molar-refractivity contribution in [3.63, 3.8) is 0 Å². The Bertz CT molecular complexity index is 545. The van der Waals surface area contributed by atoms with Crippen molar-refractivity contribution in [2.24, 2.45) is 0 Å². The van der Waals surface area contributed by atoms with E-state index >= 15 is 0 Å². The van der Waals surface area contributed by atoms with E-state index in [1.165, 1.54) is 16.7 Å². The van der Waals surface area contributed by atoms with Crippen molar-refractivity contribution in [1.82, 2.24) is 0 Å². The molecule has 0 aliphatic rings. The van der Waals surface area contributed by atoms with E-state index in [9.17, 15) is 5.11 Å². The van der Waals surface area contributed by atoms with Gasteiger partial charge >= 0.3 is 0 Å². The fourth-order valence-corrected chi connectivity index (χ4v) is 2.45. The molecule has 0 saturated heterocycles. The normalized spacial score (nSPS) is 10.6. The second-order valence-electron chi connectivity index (χ2n) is 4.79. The third-order valence-corrected chi connectivity index (χ3v) is 3.10. The first-order valence-corrected chi connectivity index (χ1v) is 5.87. The highest BCUT2D eigenvalue weighted by Crippen LogP contribution is 2.35. The maximum atomic E-state index is 10.0. The fourth-order valence-electron chi connectivity index (χ4n) is 2.45. The summed E-state index contributed by atoms with van der Waals surface area (Å²) in [7, 11) is 0. The van der Waals surface area contributed by atoms with Crippen LogP contribution in [0.15, 0.2) is 30.3 Å². The molecule has 0 bridgehead atoms. The van der Waals surface area contributed by atoms with Gasteiger partial charge in [0.15, 0.2) is 0 Å². The van der Waals surface area contributed by atoms with Gasteiger partial charge in [0.05, 0.1) is 0 Å². The van der Waals surface area contributed by atoms with Crippen LogP contribution in [-0.4, -0.2) is 5.11 Å². The van der Waals surface area contributed by atoms with Crippen LogP contribution in [0.5, 0.6) is 5.75 Å². The van der Waals surface area contributed by atoms with Crippen molar-refractivity contribution in [3.05, 3.63) is 52.6 Å². The quantitative estimate of drug-likeness (QED) is 0.769. The Morgan fingerprint density at radius 3 is 1.94 bits per heavy atom. The number of aryl methyl sites for hydroxylation is 4. The van der Waals surface area contributed by atoms with E-state index in [1.54, 1.807) is 6.07 Å². The molecule has 0 fully saturated rings. The maximum Gasteiger partial charge on any atom is 0.123 e. The average Bonchev–Trinajstić information content (AvgIpc) is 2.21. The van der Waals surface area contributed by atoms with E-state index in [2.05, 4.69) is 32.9 Å². The smallest absolute Gasteiger partial charge is 0.123 e. The average molecular weight is 226 g/mol. The Morgan fingerprint density at radius 2 is 1.35 bits per heavy atom. The first-order valence-electron chi connectivity index (χ1n) is 5.87. The van der Waals surface area contributed by atoms with Crippen LogP contribution >= 0.6 is 0 Å². The molecule has 0 saturated carbocycles. The molecule has 0 radical (unpaired) electrons. The van der Waals surface area contributed by atoms with Crippen LogP contribution in [-0.2, 0) is 0 Å². The van der Waals surface area contributed by atoms with E-state index in [1.807, 2.05) is 19.1 Å². The standard InChI is InChI=1S/C16H18O/c1-10-5-6-15(17)14(9-10)16-12(3)7-11(2)8-13(16)4/h5-9,17H,1-4H3. The molecule has 0 aliphatic heterocycles. The zero-order valence-electron chi connectivity index (χ0n) is 10.8. The van der Waals surface area contributed by atoms with E-state index < -0.39 is 0 Å². The minimum absolute atomic E-state index is 0.352. The molecule has 17 heavy (non-hydrogen) atoms. The third-order valence-electron chi connectivity index (χ3n) is 3.10. The van der Waals surface area contributed by atoms with Crippen LogP contribution in [0.25, 0.3) is 11.1 Å². The fraction of sp³-hybridized carbons (Fsp3) is 0.250. The molecule has 0 atom stereocenters. The summed E-state index contributed by atoms with van der Waals surface area (Å²) < 4.78 is 0. The lowest BCUT2D eigenvalue weighted by molar-refractivity contribution is 0.477. The molecule has 0 aromatic heterocycles. The Labute approximate surface area is 103 Å². The van der Waals surface area contributed by atoms with Gasteiger partial charge in [-0.2, -0.15) is 0 Å². The largest absolute Gasteiger partial charge is 0.507 e. The van der Waals surface area contributed by atoms with Crippen molar-refractivity contribution in [2.75, 3.05) is 0 Å². The van der Waals surface area contributed by atoms with Crippen LogP contribution in [0.2, 0.25) is 0 Å². The van der Waals surface area contributed by atoms with Gasteiger partial charge in [-0.25, -0.2) is 0 Å². The molecular weight excluding hydrogens is 208 g/mol. The molecule has 88 valence electrons. The number of phenols is 1. The number of aromatic hydroxyl groups is 1. The topological polar surface area (TPSA) is 20.2 Å². The molecule has 0 unspecified atom stereocenters. The summed E-state index contributed by atoms with van der Waals surface area (Å²) in [6.07, 6.45) is 0. The molecule has 1 N–H and O–H groups in total. The molecule has 1 nitrogen and oxygen atoms in total. The Hall–Kier alpha value is -1.76. The van der Waals surface area contributed by atoms with Gasteiger partial charge in [0.1, 0.15) is 5.75 Å². The maximum absolute atomic E-state index is 10.0. The minimum atomic E-state index is 0.352. The summed E-state index contributed by atoms with van der Waals surface area (Å²) in [6, 6.07) is 10.1. The predicted molar refractivity (Wildman–Crippen MR) is 72.5 cm³/mol. The van der Waals surface area contributed by atoms with Crippen LogP contribution in [0.4, 0.5) is 0 Å². The zero-order chi connectivity index (χ0) is 12.6. The Morgan fingerprint density at radius 1 is 0.765 bits per heavy atom. The van der Waals surface area contributed by atoms with Crippen LogP contribution < -0.4 is 0 Å². The zero-order valence-corrected chi connectivity index (χ0v) is 10.8. The van der Waals surface area contributed by atoms with Gasteiger partial charge in [0, 0.05) is 5.56 Å². The van der Waals surface area contributed by atoms with Gasteiger partial charge in [-0.3, -0.25) is 0 Å². The number of hydrogen-bond acceptors (Lipinski definition) is 1. The molecule has 0 spiro atoms. The van der Waals surface area contributed by atoms with E-state index in [0.717, 1.165) is 16.7 Å². The highest BCUT2D eigenvalue weighted by Gasteiger charge is 2.10. The molecular formula is C16H18O. The number of rotatable bonds is 1. The van der Waals surface area contributed by atoms with Crippen LogP contribution in [0, 0.1) is 27.7 Å². The van der Waals surface area contributed by atoms with Gasteiger partial charge in [0.2, 0.25) is 0 Å². The summed E-state index contributed by atoms with van der Waals surface area (Å²) in [6.45, 7) is 8.33. The first-order chi connectivity index (χ1) is 7.99. The van der Waals surface area contributed by atoms with Gasteiger partial charge < -0.3 is 5.11 Å². The van der Waals surface area contributed by atoms with Crippen molar-refractivity contribution in [3.8, 4) is 16.9 Å².